The molecule has 0 saturated heterocycles. The maximum Gasteiger partial charge on any atom is 0.0991 e. The molecule has 226 valence electrons. The molecule has 0 saturated carbocycles. The van der Waals surface area contributed by atoms with Gasteiger partial charge < -0.3 is 9.13 Å². The summed E-state index contributed by atoms with van der Waals surface area (Å²) in [6.45, 7) is 0. The van der Waals surface area contributed by atoms with E-state index < -0.39 is 0 Å². The first-order valence-corrected chi connectivity index (χ1v) is 17.0. The summed E-state index contributed by atoms with van der Waals surface area (Å²) in [5.74, 6) is 0. The van der Waals surface area contributed by atoms with Gasteiger partial charge in [-0.05, 0) is 72.8 Å². The van der Waals surface area contributed by atoms with Crippen LogP contribution in [0.15, 0.2) is 146 Å². The molecule has 0 unspecified atom stereocenters. The summed E-state index contributed by atoms with van der Waals surface area (Å²) in [5.41, 5.74) is 9.90. The van der Waals surface area contributed by atoms with Crippen LogP contribution >= 0.6 is 11.3 Å². The van der Waals surface area contributed by atoms with Gasteiger partial charge in [0, 0.05) is 52.8 Å². The zero-order chi connectivity index (χ0) is 32.6. The number of hydrogen-bond donors (Lipinski definition) is 0. The standard InChI is InChI=1S/C44H24N4S/c45-25-27-17-19-38-33(23-27)31-11-3-7-15-37(31)47(38)35-13-5-1-9-29(35)30-10-2-6-14-36(30)48-39-20-18-28(26-46)24-34(39)43-40(48)21-22-42-44(43)32-12-4-8-16-41(32)49-42/h1-24H. The smallest absolute Gasteiger partial charge is 0.0991 e. The first kappa shape index (κ1) is 27.5. The summed E-state index contributed by atoms with van der Waals surface area (Å²) >= 11 is 1.81. The van der Waals surface area contributed by atoms with Crippen LogP contribution in [0.5, 0.6) is 0 Å². The van der Waals surface area contributed by atoms with E-state index in [9.17, 15) is 10.5 Å². The molecule has 4 nitrogen and oxygen atoms in total. The number of nitrogens with zero attached hydrogens (tertiary/aromatic N) is 4. The van der Waals surface area contributed by atoms with Gasteiger partial charge in [0.15, 0.2) is 0 Å². The van der Waals surface area contributed by atoms with E-state index in [0.29, 0.717) is 11.1 Å². The molecule has 0 aliphatic rings. The molecule has 10 aromatic rings. The quantitative estimate of drug-likeness (QED) is 0.193. The van der Waals surface area contributed by atoms with Crippen molar-refractivity contribution in [1.82, 2.24) is 9.13 Å². The summed E-state index contributed by atoms with van der Waals surface area (Å²) in [7, 11) is 0. The molecule has 3 heterocycles. The fourth-order valence-electron chi connectivity index (χ4n) is 7.75. The summed E-state index contributed by atoms with van der Waals surface area (Å²) in [6.07, 6.45) is 0. The number of rotatable bonds is 3. The van der Waals surface area contributed by atoms with Gasteiger partial charge >= 0.3 is 0 Å². The zero-order valence-corrected chi connectivity index (χ0v) is 26.9. The van der Waals surface area contributed by atoms with Crippen molar-refractivity contribution in [3.8, 4) is 34.6 Å². The molecule has 49 heavy (non-hydrogen) atoms. The summed E-state index contributed by atoms with van der Waals surface area (Å²) in [4.78, 5) is 0. The Morgan fingerprint density at radius 2 is 0.939 bits per heavy atom. The zero-order valence-electron chi connectivity index (χ0n) is 26.1. The SMILES string of the molecule is N#Cc1ccc2c(c1)c1ccccc1n2-c1ccccc1-c1ccccc1-n1c2ccc(C#N)cc2c2c3c(ccc21)sc1ccccc13. The Labute approximate surface area is 285 Å². The van der Waals surface area contributed by atoms with Gasteiger partial charge in [0.1, 0.15) is 0 Å². The van der Waals surface area contributed by atoms with E-state index >= 15 is 0 Å². The molecular weight excluding hydrogens is 617 g/mol. The Kier molecular flexibility index (Phi) is 5.84. The van der Waals surface area contributed by atoms with Crippen LogP contribution in [0.25, 0.3) is 86.3 Å². The second-order valence-corrected chi connectivity index (χ2v) is 13.4. The highest BCUT2D eigenvalue weighted by Gasteiger charge is 2.22. The molecule has 0 aliphatic heterocycles. The molecule has 0 aliphatic carbocycles. The number of thiophene rings is 1. The molecule has 5 heteroatoms. The molecule has 0 N–H and O–H groups in total. The van der Waals surface area contributed by atoms with Crippen molar-refractivity contribution >= 4 is 75.1 Å². The van der Waals surface area contributed by atoms with Crippen LogP contribution < -0.4 is 0 Å². The fraction of sp³-hybridized carbons (Fsp3) is 0. The van der Waals surface area contributed by atoms with Crippen LogP contribution in [0.2, 0.25) is 0 Å². The number of para-hydroxylation sites is 3. The lowest BCUT2D eigenvalue weighted by Gasteiger charge is -2.18. The van der Waals surface area contributed by atoms with Gasteiger partial charge in [0.25, 0.3) is 0 Å². The normalized spacial score (nSPS) is 11.6. The average molecular weight is 641 g/mol. The second-order valence-electron chi connectivity index (χ2n) is 12.3. The lowest BCUT2D eigenvalue weighted by atomic mass is 10.0. The first-order valence-electron chi connectivity index (χ1n) is 16.1. The monoisotopic (exact) mass is 640 g/mol. The van der Waals surface area contributed by atoms with E-state index in [2.05, 4.69) is 143 Å². The van der Waals surface area contributed by atoms with Crippen molar-refractivity contribution in [3.63, 3.8) is 0 Å². The highest BCUT2D eigenvalue weighted by atomic mass is 32.1. The van der Waals surface area contributed by atoms with Crippen LogP contribution in [0, 0.1) is 22.7 Å². The van der Waals surface area contributed by atoms with Crippen molar-refractivity contribution in [2.75, 3.05) is 0 Å². The predicted molar refractivity (Wildman–Crippen MR) is 203 cm³/mol. The minimum Gasteiger partial charge on any atom is -0.309 e. The number of aromatic nitrogens is 2. The van der Waals surface area contributed by atoms with E-state index in [4.69, 9.17) is 0 Å². The Morgan fingerprint density at radius 3 is 1.65 bits per heavy atom. The number of fused-ring (bicyclic) bond motifs is 10. The maximum atomic E-state index is 9.96. The van der Waals surface area contributed by atoms with Crippen molar-refractivity contribution in [2.45, 2.75) is 0 Å². The van der Waals surface area contributed by atoms with E-state index in [0.717, 1.165) is 60.7 Å². The summed E-state index contributed by atoms with van der Waals surface area (Å²) in [6, 6.07) is 55.4. The van der Waals surface area contributed by atoms with Crippen molar-refractivity contribution in [1.29, 1.82) is 10.5 Å². The molecule has 3 aromatic heterocycles. The predicted octanol–water partition coefficient (Wildman–Crippen LogP) is 11.7. The molecule has 0 fully saturated rings. The molecule has 0 atom stereocenters. The topological polar surface area (TPSA) is 57.4 Å². The molecule has 10 rings (SSSR count). The first-order chi connectivity index (χ1) is 24.2. The van der Waals surface area contributed by atoms with Crippen LogP contribution in [0.1, 0.15) is 11.1 Å². The Hall–Kier alpha value is -6.66. The Morgan fingerprint density at radius 1 is 0.408 bits per heavy atom. The molecule has 0 amide bonds. The highest BCUT2D eigenvalue weighted by Crippen LogP contribution is 2.45. The van der Waals surface area contributed by atoms with E-state index in [1.54, 1.807) is 0 Å². The number of hydrogen-bond acceptors (Lipinski definition) is 3. The molecular formula is C44H24N4S. The van der Waals surface area contributed by atoms with E-state index in [1.807, 2.05) is 35.6 Å². The van der Waals surface area contributed by atoms with Gasteiger partial charge in [-0.1, -0.05) is 72.8 Å². The maximum absolute atomic E-state index is 9.96. The third-order valence-electron chi connectivity index (χ3n) is 9.78. The van der Waals surface area contributed by atoms with Crippen LogP contribution in [0.3, 0.4) is 0 Å². The van der Waals surface area contributed by atoms with Gasteiger partial charge in [0.05, 0.1) is 56.7 Å². The van der Waals surface area contributed by atoms with Crippen molar-refractivity contribution in [2.24, 2.45) is 0 Å². The molecule has 0 spiro atoms. The average Bonchev–Trinajstić information content (AvgIpc) is 3.81. The lowest BCUT2D eigenvalue weighted by molar-refractivity contribution is 1.16. The fourth-order valence-corrected chi connectivity index (χ4v) is 8.86. The van der Waals surface area contributed by atoms with Crippen LogP contribution in [0.4, 0.5) is 0 Å². The summed E-state index contributed by atoms with van der Waals surface area (Å²) < 4.78 is 7.18. The van der Waals surface area contributed by atoms with Gasteiger partial charge in [-0.2, -0.15) is 10.5 Å². The molecule has 0 radical (unpaired) electrons. The largest absolute Gasteiger partial charge is 0.309 e. The van der Waals surface area contributed by atoms with Gasteiger partial charge in [-0.25, -0.2) is 0 Å². The van der Waals surface area contributed by atoms with Crippen LogP contribution in [-0.4, -0.2) is 9.13 Å². The van der Waals surface area contributed by atoms with E-state index in [1.165, 1.54) is 25.6 Å². The van der Waals surface area contributed by atoms with Crippen molar-refractivity contribution in [3.05, 3.63) is 157 Å². The Bertz CT molecular complexity index is 3090. The second kappa shape index (κ2) is 10.4. The minimum absolute atomic E-state index is 0.646. The van der Waals surface area contributed by atoms with E-state index in [-0.39, 0.29) is 0 Å². The number of nitriles is 2. The third-order valence-corrected chi connectivity index (χ3v) is 10.9. The van der Waals surface area contributed by atoms with Crippen molar-refractivity contribution < 1.29 is 0 Å². The van der Waals surface area contributed by atoms with Gasteiger partial charge in [0.2, 0.25) is 0 Å². The number of benzene rings is 7. The Balaban J connectivity index is 1.31. The highest BCUT2D eigenvalue weighted by molar-refractivity contribution is 7.26. The minimum atomic E-state index is 0.646. The van der Waals surface area contributed by atoms with Crippen LogP contribution in [-0.2, 0) is 0 Å². The summed E-state index contributed by atoms with van der Waals surface area (Å²) in [5, 5.41) is 26.5. The van der Waals surface area contributed by atoms with Gasteiger partial charge in [-0.3, -0.25) is 0 Å². The van der Waals surface area contributed by atoms with Gasteiger partial charge in [-0.15, -0.1) is 11.3 Å². The molecule has 7 aromatic carbocycles. The third kappa shape index (κ3) is 3.88. The molecule has 0 bridgehead atoms. The lowest BCUT2D eigenvalue weighted by Crippen LogP contribution is -2.01.